The van der Waals surface area contributed by atoms with Crippen LogP contribution in [0, 0.1) is 11.7 Å². The van der Waals surface area contributed by atoms with Gasteiger partial charge in [0.1, 0.15) is 11.7 Å². The van der Waals surface area contributed by atoms with Crippen LogP contribution < -0.4 is 10.2 Å². The van der Waals surface area contributed by atoms with Gasteiger partial charge < -0.3 is 14.8 Å². The molecular weight excluding hydrogens is 357 g/mol. The standard InChI is InChI=1S/C22H20FN3O2/c23-17-9-7-16(8-10-17)15-24-21(27)18-11-14-26(22(18)28)20-6-2-1-5-19(20)25-12-3-4-13-25/h1-10,12-13,18H,11,14-15H2,(H,24,27). The van der Waals surface area contributed by atoms with Gasteiger partial charge in [-0.3, -0.25) is 9.59 Å². The van der Waals surface area contributed by atoms with Crippen molar-refractivity contribution < 1.29 is 14.0 Å². The highest BCUT2D eigenvalue weighted by molar-refractivity contribution is 6.10. The molecule has 1 aliphatic heterocycles. The third-order valence-electron chi connectivity index (χ3n) is 4.96. The second-order valence-corrected chi connectivity index (χ2v) is 6.75. The van der Waals surface area contributed by atoms with E-state index in [1.807, 2.05) is 53.4 Å². The lowest BCUT2D eigenvalue weighted by atomic mass is 10.1. The predicted molar refractivity (Wildman–Crippen MR) is 104 cm³/mol. The minimum Gasteiger partial charge on any atom is -0.351 e. The summed E-state index contributed by atoms with van der Waals surface area (Å²) in [6.45, 7) is 0.759. The first-order chi connectivity index (χ1) is 13.6. The Morgan fingerprint density at radius 2 is 1.68 bits per heavy atom. The molecule has 0 radical (unpaired) electrons. The van der Waals surface area contributed by atoms with Gasteiger partial charge in [-0.2, -0.15) is 0 Å². The Hall–Kier alpha value is -3.41. The van der Waals surface area contributed by atoms with Crippen LogP contribution in [0.3, 0.4) is 0 Å². The second-order valence-electron chi connectivity index (χ2n) is 6.75. The van der Waals surface area contributed by atoms with Crippen molar-refractivity contribution in [2.24, 2.45) is 5.92 Å². The fourth-order valence-corrected chi connectivity index (χ4v) is 3.48. The molecule has 1 fully saturated rings. The van der Waals surface area contributed by atoms with Gasteiger partial charge in [0.2, 0.25) is 11.8 Å². The molecule has 0 aliphatic carbocycles. The highest BCUT2D eigenvalue weighted by atomic mass is 19.1. The Morgan fingerprint density at radius 3 is 2.39 bits per heavy atom. The number of amides is 2. The molecule has 4 rings (SSSR count). The SMILES string of the molecule is O=C(NCc1ccc(F)cc1)C1CCN(c2ccccc2-n2cccc2)C1=O. The van der Waals surface area contributed by atoms with Gasteiger partial charge in [-0.1, -0.05) is 24.3 Å². The minimum atomic E-state index is -0.710. The Bertz CT molecular complexity index is 983. The average Bonchev–Trinajstić information content (AvgIpc) is 3.37. The molecule has 3 aromatic rings. The van der Waals surface area contributed by atoms with Crippen LogP contribution in [0.15, 0.2) is 73.1 Å². The van der Waals surface area contributed by atoms with Crippen LogP contribution in [-0.4, -0.2) is 22.9 Å². The minimum absolute atomic E-state index is 0.198. The molecule has 1 unspecified atom stereocenters. The first kappa shape index (κ1) is 18.0. The number of halogens is 1. The highest BCUT2D eigenvalue weighted by Crippen LogP contribution is 2.30. The molecule has 2 heterocycles. The Morgan fingerprint density at radius 1 is 1.00 bits per heavy atom. The van der Waals surface area contributed by atoms with E-state index >= 15 is 0 Å². The van der Waals surface area contributed by atoms with Crippen molar-refractivity contribution in [2.75, 3.05) is 11.4 Å². The topological polar surface area (TPSA) is 54.3 Å². The van der Waals surface area contributed by atoms with Crippen molar-refractivity contribution in [1.82, 2.24) is 9.88 Å². The molecule has 0 spiro atoms. The van der Waals surface area contributed by atoms with Crippen LogP contribution in [-0.2, 0) is 16.1 Å². The molecule has 1 atom stereocenters. The Kier molecular flexibility index (Phi) is 4.93. The number of carbonyl (C=O) groups excluding carboxylic acids is 2. The summed E-state index contributed by atoms with van der Waals surface area (Å²) in [6, 6.07) is 17.4. The maximum Gasteiger partial charge on any atom is 0.239 e. The van der Waals surface area contributed by atoms with E-state index in [9.17, 15) is 14.0 Å². The van der Waals surface area contributed by atoms with Crippen LogP contribution in [0.2, 0.25) is 0 Å². The van der Waals surface area contributed by atoms with Gasteiger partial charge in [0.25, 0.3) is 0 Å². The maximum atomic E-state index is 13.0. The number of aromatic nitrogens is 1. The molecule has 0 bridgehead atoms. The number of para-hydroxylation sites is 2. The van der Waals surface area contributed by atoms with Crippen molar-refractivity contribution in [2.45, 2.75) is 13.0 Å². The third kappa shape index (κ3) is 3.53. The summed E-state index contributed by atoms with van der Waals surface area (Å²) in [7, 11) is 0. The van der Waals surface area contributed by atoms with E-state index in [0.717, 1.165) is 16.9 Å². The van der Waals surface area contributed by atoms with E-state index in [2.05, 4.69) is 5.32 Å². The summed E-state index contributed by atoms with van der Waals surface area (Å²) < 4.78 is 14.9. The van der Waals surface area contributed by atoms with E-state index in [1.165, 1.54) is 12.1 Å². The van der Waals surface area contributed by atoms with Crippen LogP contribution in [0.5, 0.6) is 0 Å². The summed E-state index contributed by atoms with van der Waals surface area (Å²) >= 11 is 0. The van der Waals surface area contributed by atoms with Crippen molar-refractivity contribution in [3.63, 3.8) is 0 Å². The zero-order valence-electron chi connectivity index (χ0n) is 15.2. The molecule has 2 amide bonds. The van der Waals surface area contributed by atoms with Crippen molar-refractivity contribution in [1.29, 1.82) is 0 Å². The number of benzene rings is 2. The molecule has 1 N–H and O–H groups in total. The fourth-order valence-electron chi connectivity index (χ4n) is 3.48. The van der Waals surface area contributed by atoms with Crippen molar-refractivity contribution in [3.05, 3.63) is 84.4 Å². The molecule has 28 heavy (non-hydrogen) atoms. The quantitative estimate of drug-likeness (QED) is 0.694. The molecule has 0 saturated carbocycles. The smallest absolute Gasteiger partial charge is 0.239 e. The van der Waals surface area contributed by atoms with E-state index < -0.39 is 5.92 Å². The molecule has 2 aromatic carbocycles. The number of hydrogen-bond acceptors (Lipinski definition) is 2. The van der Waals surface area contributed by atoms with Crippen LogP contribution in [0.25, 0.3) is 5.69 Å². The molecular formula is C22H20FN3O2. The van der Waals surface area contributed by atoms with Gasteiger partial charge in [0, 0.05) is 25.5 Å². The van der Waals surface area contributed by atoms with E-state index in [4.69, 9.17) is 0 Å². The fraction of sp³-hybridized carbons (Fsp3) is 0.182. The lowest BCUT2D eigenvalue weighted by molar-refractivity contribution is -0.132. The number of hydrogen-bond donors (Lipinski definition) is 1. The number of rotatable bonds is 5. The second kappa shape index (κ2) is 7.68. The van der Waals surface area contributed by atoms with Crippen LogP contribution >= 0.6 is 0 Å². The maximum absolute atomic E-state index is 13.0. The lowest BCUT2D eigenvalue weighted by Gasteiger charge is -2.21. The lowest BCUT2D eigenvalue weighted by Crippen LogP contribution is -2.36. The molecule has 1 aliphatic rings. The third-order valence-corrected chi connectivity index (χ3v) is 4.96. The van der Waals surface area contributed by atoms with Gasteiger partial charge in [-0.05, 0) is 48.4 Å². The van der Waals surface area contributed by atoms with Gasteiger partial charge in [0.15, 0.2) is 0 Å². The van der Waals surface area contributed by atoms with Crippen molar-refractivity contribution in [3.8, 4) is 5.69 Å². The van der Waals surface area contributed by atoms with Gasteiger partial charge in [-0.25, -0.2) is 4.39 Å². The normalized spacial score (nSPS) is 16.4. The summed E-state index contributed by atoms with van der Waals surface area (Å²) in [5.41, 5.74) is 2.47. The van der Waals surface area contributed by atoms with Crippen molar-refractivity contribution >= 4 is 17.5 Å². The number of carbonyl (C=O) groups is 2. The summed E-state index contributed by atoms with van der Waals surface area (Å²) in [5, 5.41) is 2.79. The van der Waals surface area contributed by atoms with Gasteiger partial charge >= 0.3 is 0 Å². The largest absolute Gasteiger partial charge is 0.351 e. The van der Waals surface area contributed by atoms with Gasteiger partial charge in [0.05, 0.1) is 11.4 Å². The predicted octanol–water partition coefficient (Wildman–Crippen LogP) is 3.29. The molecule has 5 nitrogen and oxygen atoms in total. The number of anilines is 1. The Labute approximate surface area is 162 Å². The zero-order chi connectivity index (χ0) is 19.5. The zero-order valence-corrected chi connectivity index (χ0v) is 15.2. The molecule has 1 saturated heterocycles. The highest BCUT2D eigenvalue weighted by Gasteiger charge is 2.38. The van der Waals surface area contributed by atoms with E-state index in [-0.39, 0.29) is 24.2 Å². The average molecular weight is 377 g/mol. The van der Waals surface area contributed by atoms with E-state index in [1.54, 1.807) is 17.0 Å². The van der Waals surface area contributed by atoms with Gasteiger partial charge in [-0.15, -0.1) is 0 Å². The van der Waals surface area contributed by atoms with Crippen LogP contribution in [0.1, 0.15) is 12.0 Å². The first-order valence-electron chi connectivity index (χ1n) is 9.19. The van der Waals surface area contributed by atoms with E-state index in [0.29, 0.717) is 13.0 Å². The monoisotopic (exact) mass is 377 g/mol. The summed E-state index contributed by atoms with van der Waals surface area (Å²) in [5.74, 6) is -1.53. The first-order valence-corrected chi connectivity index (χ1v) is 9.19. The van der Waals surface area contributed by atoms with Crippen LogP contribution in [0.4, 0.5) is 10.1 Å². The Balaban J connectivity index is 1.47. The number of nitrogens with one attached hydrogen (secondary N) is 1. The molecule has 6 heteroatoms. The molecule has 142 valence electrons. The summed E-state index contributed by atoms with van der Waals surface area (Å²) in [4.78, 5) is 27.2. The number of nitrogens with zero attached hydrogens (tertiary/aromatic N) is 2. The molecule has 1 aromatic heterocycles. The summed E-state index contributed by atoms with van der Waals surface area (Å²) in [6.07, 6.45) is 4.31.